The smallest absolute Gasteiger partial charge is 0.305 e. The van der Waals surface area contributed by atoms with Gasteiger partial charge in [0, 0.05) is 12.8 Å². The maximum absolute atomic E-state index is 12.4. The van der Waals surface area contributed by atoms with Gasteiger partial charge in [-0.15, -0.1) is 0 Å². The number of hydrogen-bond acceptors (Lipinski definition) is 5. The molecule has 0 rings (SSSR count). The summed E-state index contributed by atoms with van der Waals surface area (Å²) in [5.74, 6) is -0.0105. The lowest BCUT2D eigenvalue weighted by Crippen LogP contribution is -2.45. The molecule has 0 aliphatic carbocycles. The molecule has 0 spiro atoms. The van der Waals surface area contributed by atoms with Crippen molar-refractivity contribution in [3.63, 3.8) is 0 Å². The largest absolute Gasteiger partial charge is 0.466 e. The molecule has 0 saturated carbocycles. The van der Waals surface area contributed by atoms with Crippen LogP contribution in [-0.4, -0.2) is 47.4 Å². The van der Waals surface area contributed by atoms with E-state index in [0.29, 0.717) is 25.9 Å². The van der Waals surface area contributed by atoms with Gasteiger partial charge in [0.1, 0.15) is 0 Å². The number of hydrogen-bond donors (Lipinski definition) is 3. The summed E-state index contributed by atoms with van der Waals surface area (Å²) in [6.07, 6.45) is 85.4. The summed E-state index contributed by atoms with van der Waals surface area (Å²) in [7, 11) is 0. The highest BCUT2D eigenvalue weighted by atomic mass is 16.5. The minimum absolute atomic E-state index is 0.0215. The van der Waals surface area contributed by atoms with Gasteiger partial charge in [0.2, 0.25) is 5.91 Å². The Morgan fingerprint density at radius 2 is 0.641 bits per heavy atom. The zero-order valence-electron chi connectivity index (χ0n) is 52.9. The van der Waals surface area contributed by atoms with E-state index in [1.807, 2.05) is 0 Å². The first-order valence-electron chi connectivity index (χ1n) is 35.6. The van der Waals surface area contributed by atoms with E-state index in [9.17, 15) is 19.8 Å². The fourth-order valence-corrected chi connectivity index (χ4v) is 11.3. The molecule has 0 bridgehead atoms. The van der Waals surface area contributed by atoms with Gasteiger partial charge in [-0.05, 0) is 57.8 Å². The molecule has 1 amide bonds. The minimum atomic E-state index is -0.660. The molecule has 0 aromatic heterocycles. The Balaban J connectivity index is 3.33. The monoisotopic (exact) mass is 1100 g/mol. The van der Waals surface area contributed by atoms with Crippen molar-refractivity contribution in [2.75, 3.05) is 13.2 Å². The van der Waals surface area contributed by atoms with Crippen molar-refractivity contribution in [3.8, 4) is 0 Å². The lowest BCUT2D eigenvalue weighted by molar-refractivity contribution is -0.143. The molecule has 3 N–H and O–H groups in total. The first-order valence-corrected chi connectivity index (χ1v) is 35.6. The van der Waals surface area contributed by atoms with Gasteiger partial charge in [0.05, 0.1) is 25.4 Å². The van der Waals surface area contributed by atoms with Crippen LogP contribution in [0.5, 0.6) is 0 Å². The molecule has 462 valence electrons. The Kier molecular flexibility index (Phi) is 66.4. The molecule has 0 radical (unpaired) electrons. The molecule has 0 aromatic rings. The normalized spacial score (nSPS) is 12.6. The molecule has 0 aromatic carbocycles. The average molecular weight is 1100 g/mol. The molecular formula is C72H139NO5. The third-order valence-corrected chi connectivity index (χ3v) is 16.8. The number of aliphatic hydroxyl groups is 2. The third kappa shape index (κ3) is 63.5. The van der Waals surface area contributed by atoms with Gasteiger partial charge in [0.15, 0.2) is 0 Å². The van der Waals surface area contributed by atoms with Crippen molar-refractivity contribution in [1.29, 1.82) is 0 Å². The first-order chi connectivity index (χ1) is 38.5. The van der Waals surface area contributed by atoms with Crippen LogP contribution in [0.4, 0.5) is 0 Å². The van der Waals surface area contributed by atoms with Crippen LogP contribution in [0, 0.1) is 0 Å². The SMILES string of the molecule is CCCCCCCCCCCCCCCCC(=O)OCCCCCCCCCCCCCCC/C=C\C/C=C\CCCCCCCCCCCCCCCCCCCC(=O)NC(CO)C(O)CCCCCCCCCCCC. The standard InChI is InChI=1S/C72H139NO5/c1-3-5-7-9-11-13-15-16-43-46-50-54-58-62-66-72(77)78-67-63-59-55-51-47-44-41-39-37-35-33-31-29-27-25-23-21-19-17-18-20-22-24-26-28-30-32-34-36-38-40-42-45-49-53-57-61-65-71(76)73-69(68-74)70(75)64-60-56-52-48-14-12-10-8-6-4-2/h17,19,23,25,69-70,74-75H,3-16,18,20-22,24,26-68H2,1-2H3,(H,73,76)/b19-17-,25-23-. The minimum Gasteiger partial charge on any atom is -0.466 e. The van der Waals surface area contributed by atoms with E-state index in [1.54, 1.807) is 0 Å². The molecule has 0 aliphatic rings. The molecule has 0 fully saturated rings. The molecule has 78 heavy (non-hydrogen) atoms. The summed E-state index contributed by atoms with van der Waals surface area (Å²) in [5.41, 5.74) is 0. The average Bonchev–Trinajstić information content (AvgIpc) is 3.44. The van der Waals surface area contributed by atoms with Crippen molar-refractivity contribution >= 4 is 11.9 Å². The zero-order chi connectivity index (χ0) is 56.4. The second-order valence-electron chi connectivity index (χ2n) is 24.6. The Morgan fingerprint density at radius 3 is 0.974 bits per heavy atom. The third-order valence-electron chi connectivity index (χ3n) is 16.8. The molecule has 6 heteroatoms. The van der Waals surface area contributed by atoms with Gasteiger partial charge >= 0.3 is 5.97 Å². The van der Waals surface area contributed by atoms with Gasteiger partial charge in [-0.1, -0.05) is 353 Å². The van der Waals surface area contributed by atoms with Gasteiger partial charge in [-0.3, -0.25) is 9.59 Å². The van der Waals surface area contributed by atoms with E-state index in [4.69, 9.17) is 4.74 Å². The Hall–Kier alpha value is -1.66. The summed E-state index contributed by atoms with van der Waals surface area (Å²) in [6, 6.07) is -0.537. The van der Waals surface area contributed by atoms with Crippen LogP contribution in [0.2, 0.25) is 0 Å². The van der Waals surface area contributed by atoms with Crippen LogP contribution in [-0.2, 0) is 14.3 Å². The number of aliphatic hydroxyl groups excluding tert-OH is 2. The van der Waals surface area contributed by atoms with Crippen LogP contribution in [0.1, 0.15) is 399 Å². The zero-order valence-corrected chi connectivity index (χ0v) is 52.9. The molecule has 0 heterocycles. The van der Waals surface area contributed by atoms with Crippen LogP contribution < -0.4 is 5.32 Å². The number of carbonyl (C=O) groups is 2. The van der Waals surface area contributed by atoms with E-state index in [-0.39, 0.29) is 18.5 Å². The van der Waals surface area contributed by atoms with Crippen LogP contribution >= 0.6 is 0 Å². The fraction of sp³-hybridized carbons (Fsp3) is 0.917. The highest BCUT2D eigenvalue weighted by molar-refractivity contribution is 5.76. The summed E-state index contributed by atoms with van der Waals surface area (Å²) in [6.45, 7) is 4.97. The summed E-state index contributed by atoms with van der Waals surface area (Å²) < 4.78 is 5.49. The molecule has 6 nitrogen and oxygen atoms in total. The van der Waals surface area contributed by atoms with Gasteiger partial charge in [-0.2, -0.15) is 0 Å². The number of esters is 1. The second kappa shape index (κ2) is 67.8. The van der Waals surface area contributed by atoms with Gasteiger partial charge in [0.25, 0.3) is 0 Å². The van der Waals surface area contributed by atoms with E-state index in [0.717, 1.165) is 44.9 Å². The van der Waals surface area contributed by atoms with Crippen molar-refractivity contribution in [2.45, 2.75) is 411 Å². The molecule has 0 aliphatic heterocycles. The number of allylic oxidation sites excluding steroid dienone is 4. The van der Waals surface area contributed by atoms with E-state index in [1.165, 1.54) is 321 Å². The Labute approximate surface area is 488 Å². The number of carbonyl (C=O) groups excluding carboxylic acids is 2. The van der Waals surface area contributed by atoms with Gasteiger partial charge in [-0.25, -0.2) is 0 Å². The maximum Gasteiger partial charge on any atom is 0.305 e. The fourth-order valence-electron chi connectivity index (χ4n) is 11.3. The lowest BCUT2D eigenvalue weighted by atomic mass is 10.0. The van der Waals surface area contributed by atoms with E-state index >= 15 is 0 Å². The number of ether oxygens (including phenoxy) is 1. The number of nitrogens with one attached hydrogen (secondary N) is 1. The number of unbranched alkanes of at least 4 members (excludes halogenated alkanes) is 52. The highest BCUT2D eigenvalue weighted by Crippen LogP contribution is 2.19. The highest BCUT2D eigenvalue weighted by Gasteiger charge is 2.20. The predicted octanol–water partition coefficient (Wildman–Crippen LogP) is 22.9. The van der Waals surface area contributed by atoms with Crippen molar-refractivity contribution in [2.24, 2.45) is 0 Å². The van der Waals surface area contributed by atoms with Crippen LogP contribution in [0.15, 0.2) is 24.3 Å². The quantitative estimate of drug-likeness (QED) is 0.0320. The Bertz CT molecular complexity index is 1220. The molecular weight excluding hydrogens is 959 g/mol. The molecule has 2 unspecified atom stereocenters. The lowest BCUT2D eigenvalue weighted by Gasteiger charge is -2.22. The number of rotatable bonds is 67. The molecule has 0 saturated heterocycles. The number of amides is 1. The van der Waals surface area contributed by atoms with Crippen molar-refractivity contribution < 1.29 is 24.5 Å². The topological polar surface area (TPSA) is 95.9 Å². The van der Waals surface area contributed by atoms with Gasteiger partial charge < -0.3 is 20.3 Å². The summed E-state index contributed by atoms with van der Waals surface area (Å²) >= 11 is 0. The summed E-state index contributed by atoms with van der Waals surface area (Å²) in [4.78, 5) is 24.5. The Morgan fingerprint density at radius 1 is 0.359 bits per heavy atom. The predicted molar refractivity (Wildman–Crippen MR) is 343 cm³/mol. The first kappa shape index (κ1) is 76.3. The van der Waals surface area contributed by atoms with Crippen LogP contribution in [0.25, 0.3) is 0 Å². The van der Waals surface area contributed by atoms with Crippen LogP contribution in [0.3, 0.4) is 0 Å². The van der Waals surface area contributed by atoms with Crippen molar-refractivity contribution in [1.82, 2.24) is 5.32 Å². The summed E-state index contributed by atoms with van der Waals surface area (Å²) in [5, 5.41) is 23.2. The maximum atomic E-state index is 12.4. The van der Waals surface area contributed by atoms with Crippen molar-refractivity contribution in [3.05, 3.63) is 24.3 Å². The second-order valence-corrected chi connectivity index (χ2v) is 24.6. The van der Waals surface area contributed by atoms with E-state index < -0.39 is 12.1 Å². The van der Waals surface area contributed by atoms with E-state index in [2.05, 4.69) is 43.5 Å². The molecule has 2 atom stereocenters.